The van der Waals surface area contributed by atoms with Gasteiger partial charge < -0.3 is 8.98 Å². The van der Waals surface area contributed by atoms with Crippen LogP contribution < -0.4 is 0 Å². The molecule has 2 aromatic heterocycles. The van der Waals surface area contributed by atoms with Crippen molar-refractivity contribution in [2.45, 2.75) is 25.8 Å². The second-order valence-corrected chi connectivity index (χ2v) is 6.76. The number of halogens is 3. The van der Waals surface area contributed by atoms with E-state index in [1.165, 1.54) is 6.07 Å². The molecule has 1 unspecified atom stereocenters. The van der Waals surface area contributed by atoms with E-state index in [2.05, 4.69) is 4.98 Å². The van der Waals surface area contributed by atoms with Crippen molar-refractivity contribution in [3.05, 3.63) is 51.0 Å². The van der Waals surface area contributed by atoms with Gasteiger partial charge in [0.05, 0.1) is 26.5 Å². The standard InChI is InChI=1S/C15H13ClFIN2O/c1-8-3-4-10(21-8)7-20-14-5-11(17)12(18)6-13(14)19-15(20)9(2)16/h3-6,9H,7H2,1-2H3. The Morgan fingerprint density at radius 1 is 1.43 bits per heavy atom. The first-order valence-electron chi connectivity index (χ1n) is 6.50. The zero-order valence-electron chi connectivity index (χ0n) is 11.5. The monoisotopic (exact) mass is 418 g/mol. The number of hydrogen-bond donors (Lipinski definition) is 0. The Bertz CT molecular complexity index is 809. The van der Waals surface area contributed by atoms with E-state index in [0.29, 0.717) is 15.9 Å². The van der Waals surface area contributed by atoms with E-state index in [-0.39, 0.29) is 11.2 Å². The van der Waals surface area contributed by atoms with Crippen LogP contribution in [0.3, 0.4) is 0 Å². The Morgan fingerprint density at radius 2 is 2.19 bits per heavy atom. The van der Waals surface area contributed by atoms with Crippen LogP contribution in [0.4, 0.5) is 4.39 Å². The van der Waals surface area contributed by atoms with E-state index in [0.717, 1.165) is 22.6 Å². The van der Waals surface area contributed by atoms with Gasteiger partial charge in [-0.3, -0.25) is 0 Å². The van der Waals surface area contributed by atoms with Crippen LogP contribution in [0.15, 0.2) is 28.7 Å². The summed E-state index contributed by atoms with van der Waals surface area (Å²) in [6.07, 6.45) is 0. The predicted molar refractivity (Wildman–Crippen MR) is 89.2 cm³/mol. The lowest BCUT2D eigenvalue weighted by atomic mass is 10.3. The van der Waals surface area contributed by atoms with Gasteiger partial charge in [0.1, 0.15) is 23.2 Å². The van der Waals surface area contributed by atoms with Gasteiger partial charge in [0.25, 0.3) is 0 Å². The Morgan fingerprint density at radius 3 is 2.81 bits per heavy atom. The topological polar surface area (TPSA) is 31.0 Å². The Balaban J connectivity index is 2.17. The summed E-state index contributed by atoms with van der Waals surface area (Å²) in [5.41, 5.74) is 1.47. The molecule has 3 aromatic rings. The van der Waals surface area contributed by atoms with Gasteiger partial charge in [-0.25, -0.2) is 9.37 Å². The van der Waals surface area contributed by atoms with Gasteiger partial charge in [-0.2, -0.15) is 0 Å². The highest BCUT2D eigenvalue weighted by Gasteiger charge is 2.18. The molecule has 2 heterocycles. The molecule has 21 heavy (non-hydrogen) atoms. The maximum atomic E-state index is 13.9. The normalized spacial score (nSPS) is 13.0. The SMILES string of the molecule is Cc1ccc(Cn2c(C(C)Cl)nc3cc(I)c(F)cc32)o1. The Labute approximate surface area is 140 Å². The summed E-state index contributed by atoms with van der Waals surface area (Å²) in [6, 6.07) is 7.05. The third-order valence-electron chi connectivity index (χ3n) is 3.29. The number of aryl methyl sites for hydroxylation is 1. The maximum absolute atomic E-state index is 13.9. The molecule has 0 saturated heterocycles. The molecule has 3 nitrogen and oxygen atoms in total. The Kier molecular flexibility index (Phi) is 3.96. The highest BCUT2D eigenvalue weighted by molar-refractivity contribution is 14.1. The number of furan rings is 1. The first-order valence-corrected chi connectivity index (χ1v) is 8.02. The number of hydrogen-bond acceptors (Lipinski definition) is 2. The fourth-order valence-corrected chi connectivity index (χ4v) is 2.95. The molecule has 3 rings (SSSR count). The molecular weight excluding hydrogens is 406 g/mol. The molecule has 110 valence electrons. The molecule has 0 N–H and O–H groups in total. The summed E-state index contributed by atoms with van der Waals surface area (Å²) in [7, 11) is 0. The summed E-state index contributed by atoms with van der Waals surface area (Å²) < 4.78 is 21.9. The van der Waals surface area contributed by atoms with Crippen molar-refractivity contribution in [1.82, 2.24) is 9.55 Å². The summed E-state index contributed by atoms with van der Waals surface area (Å²) in [5, 5.41) is -0.269. The lowest BCUT2D eigenvalue weighted by Crippen LogP contribution is -2.05. The van der Waals surface area contributed by atoms with Crippen molar-refractivity contribution in [2.75, 3.05) is 0 Å². The smallest absolute Gasteiger partial charge is 0.138 e. The van der Waals surface area contributed by atoms with Crippen LogP contribution in [-0.2, 0) is 6.54 Å². The molecule has 1 atom stereocenters. The van der Waals surface area contributed by atoms with E-state index in [9.17, 15) is 4.39 Å². The molecular formula is C15H13ClFIN2O. The molecule has 0 aliphatic rings. The van der Waals surface area contributed by atoms with Crippen LogP contribution in [0.5, 0.6) is 0 Å². The summed E-state index contributed by atoms with van der Waals surface area (Å²) in [6.45, 7) is 4.23. The molecule has 0 amide bonds. The second-order valence-electron chi connectivity index (χ2n) is 4.94. The van der Waals surface area contributed by atoms with Crippen LogP contribution in [0, 0.1) is 16.3 Å². The van der Waals surface area contributed by atoms with E-state index >= 15 is 0 Å². The zero-order chi connectivity index (χ0) is 15.1. The van der Waals surface area contributed by atoms with Gasteiger partial charge in [-0.05, 0) is 54.6 Å². The van der Waals surface area contributed by atoms with Gasteiger partial charge in [-0.15, -0.1) is 11.6 Å². The highest BCUT2D eigenvalue weighted by Crippen LogP contribution is 2.28. The van der Waals surface area contributed by atoms with E-state index in [4.69, 9.17) is 16.0 Å². The fraction of sp³-hybridized carbons (Fsp3) is 0.267. The number of aromatic nitrogens is 2. The van der Waals surface area contributed by atoms with Crippen molar-refractivity contribution in [3.8, 4) is 0 Å². The summed E-state index contributed by atoms with van der Waals surface area (Å²) in [4.78, 5) is 4.53. The van der Waals surface area contributed by atoms with Gasteiger partial charge >= 0.3 is 0 Å². The molecule has 0 bridgehead atoms. The predicted octanol–water partition coefficient (Wildman–Crippen LogP) is 5.03. The zero-order valence-corrected chi connectivity index (χ0v) is 14.4. The lowest BCUT2D eigenvalue weighted by Gasteiger charge is -2.09. The molecule has 1 aromatic carbocycles. The minimum Gasteiger partial charge on any atom is -0.464 e. The first-order chi connectivity index (χ1) is 9.95. The number of rotatable bonds is 3. The molecule has 6 heteroatoms. The first kappa shape index (κ1) is 14.8. The Hall–Kier alpha value is -1.08. The second kappa shape index (κ2) is 5.61. The van der Waals surface area contributed by atoms with Crippen molar-refractivity contribution >= 4 is 45.2 Å². The number of imidazole rings is 1. The number of fused-ring (bicyclic) bond motifs is 1. The third kappa shape index (κ3) is 2.81. The van der Waals surface area contributed by atoms with Gasteiger partial charge in [0, 0.05) is 6.07 Å². The van der Waals surface area contributed by atoms with Crippen LogP contribution in [0.25, 0.3) is 11.0 Å². The van der Waals surface area contributed by atoms with Gasteiger partial charge in [0.15, 0.2) is 0 Å². The van der Waals surface area contributed by atoms with Gasteiger partial charge in [0.2, 0.25) is 0 Å². The molecule has 0 radical (unpaired) electrons. The van der Waals surface area contributed by atoms with Gasteiger partial charge in [-0.1, -0.05) is 0 Å². The summed E-state index contributed by atoms with van der Waals surface area (Å²) in [5.74, 6) is 2.09. The minimum absolute atomic E-state index is 0.256. The van der Waals surface area contributed by atoms with E-state index in [1.54, 1.807) is 6.07 Å². The van der Waals surface area contributed by atoms with Crippen molar-refractivity contribution < 1.29 is 8.81 Å². The highest BCUT2D eigenvalue weighted by atomic mass is 127. The van der Waals surface area contributed by atoms with E-state index in [1.807, 2.05) is 53.1 Å². The molecule has 0 aliphatic carbocycles. The average Bonchev–Trinajstić information content (AvgIpc) is 2.96. The lowest BCUT2D eigenvalue weighted by molar-refractivity contribution is 0.468. The molecule has 0 fully saturated rings. The number of alkyl halides is 1. The summed E-state index contributed by atoms with van der Waals surface area (Å²) >= 11 is 8.18. The minimum atomic E-state index is -0.269. The van der Waals surface area contributed by atoms with Crippen LogP contribution >= 0.6 is 34.2 Å². The van der Waals surface area contributed by atoms with Crippen molar-refractivity contribution in [1.29, 1.82) is 0 Å². The number of benzene rings is 1. The van der Waals surface area contributed by atoms with E-state index < -0.39 is 0 Å². The fourth-order valence-electron chi connectivity index (χ4n) is 2.33. The number of nitrogens with zero attached hydrogens (tertiary/aromatic N) is 2. The maximum Gasteiger partial charge on any atom is 0.138 e. The molecule has 0 spiro atoms. The largest absolute Gasteiger partial charge is 0.464 e. The molecule has 0 saturated carbocycles. The average molecular weight is 419 g/mol. The van der Waals surface area contributed by atoms with Crippen LogP contribution in [0.2, 0.25) is 0 Å². The third-order valence-corrected chi connectivity index (χ3v) is 4.31. The van der Waals surface area contributed by atoms with Crippen LogP contribution in [0.1, 0.15) is 29.6 Å². The van der Waals surface area contributed by atoms with Crippen molar-refractivity contribution in [2.24, 2.45) is 0 Å². The van der Waals surface area contributed by atoms with Crippen molar-refractivity contribution in [3.63, 3.8) is 0 Å². The quantitative estimate of drug-likeness (QED) is 0.441. The molecule has 0 aliphatic heterocycles. The van der Waals surface area contributed by atoms with Crippen LogP contribution in [-0.4, -0.2) is 9.55 Å².